The maximum atomic E-state index is 13.9. The first-order chi connectivity index (χ1) is 15.3. The minimum Gasteiger partial charge on any atom is -0.363 e. The summed E-state index contributed by atoms with van der Waals surface area (Å²) in [6, 6.07) is 12.8. The number of halogens is 3. The van der Waals surface area contributed by atoms with Gasteiger partial charge in [0.25, 0.3) is 5.91 Å². The molecule has 0 aliphatic carbocycles. The molecule has 2 N–H and O–H groups in total. The molecule has 1 amide bonds. The number of rotatable bonds is 5. The van der Waals surface area contributed by atoms with Crippen molar-refractivity contribution in [2.45, 2.75) is 51.5 Å². The zero-order valence-corrected chi connectivity index (χ0v) is 17.9. The number of nitrogens with zero attached hydrogens (tertiary/aromatic N) is 2. The number of nitrogens with one attached hydrogen (secondary N) is 2. The number of alkyl halides is 3. The minimum absolute atomic E-state index is 0.0875. The molecule has 168 valence electrons. The molecule has 1 aliphatic heterocycles. The molecule has 1 aliphatic rings. The number of aromatic nitrogens is 2. The number of benzene rings is 2. The van der Waals surface area contributed by atoms with Gasteiger partial charge in [0.15, 0.2) is 6.04 Å². The van der Waals surface area contributed by atoms with Crippen LogP contribution in [-0.4, -0.2) is 21.9 Å². The molecule has 1 aromatic heterocycles. The van der Waals surface area contributed by atoms with Gasteiger partial charge in [0.05, 0.1) is 12.2 Å². The predicted molar refractivity (Wildman–Crippen MR) is 116 cm³/mol. The van der Waals surface area contributed by atoms with E-state index in [1.165, 1.54) is 6.20 Å². The van der Waals surface area contributed by atoms with Crippen molar-refractivity contribution in [3.8, 4) is 0 Å². The topological polar surface area (TPSA) is 59.0 Å². The third-order valence-corrected chi connectivity index (χ3v) is 5.85. The van der Waals surface area contributed by atoms with Crippen molar-refractivity contribution < 1.29 is 18.0 Å². The second kappa shape index (κ2) is 8.68. The van der Waals surface area contributed by atoms with Gasteiger partial charge in [0.1, 0.15) is 11.4 Å². The van der Waals surface area contributed by atoms with Crippen molar-refractivity contribution in [1.82, 2.24) is 15.1 Å². The van der Waals surface area contributed by atoms with Crippen LogP contribution in [0.1, 0.15) is 58.0 Å². The lowest BCUT2D eigenvalue weighted by molar-refractivity contribution is -0.173. The summed E-state index contributed by atoms with van der Waals surface area (Å²) in [7, 11) is 0. The Labute approximate surface area is 184 Å². The molecule has 8 heteroatoms. The lowest BCUT2D eigenvalue weighted by Crippen LogP contribution is -2.36. The summed E-state index contributed by atoms with van der Waals surface area (Å²) in [6.45, 7) is 4.26. The second-order valence-electron chi connectivity index (χ2n) is 8.10. The van der Waals surface area contributed by atoms with Gasteiger partial charge in [-0.1, -0.05) is 61.0 Å². The number of carbonyl (C=O) groups excluding carboxylic acids is 1. The van der Waals surface area contributed by atoms with Crippen molar-refractivity contribution in [3.05, 3.63) is 82.5 Å². The predicted octanol–water partition coefficient (Wildman–Crippen LogP) is 5.34. The fourth-order valence-corrected chi connectivity index (χ4v) is 3.92. The van der Waals surface area contributed by atoms with Crippen LogP contribution >= 0.6 is 0 Å². The first kappa shape index (κ1) is 21.9. The van der Waals surface area contributed by atoms with Crippen LogP contribution in [0, 0.1) is 6.92 Å². The maximum Gasteiger partial charge on any atom is 0.410 e. The molecule has 0 saturated carbocycles. The Morgan fingerprint density at radius 1 is 1.12 bits per heavy atom. The van der Waals surface area contributed by atoms with Crippen LogP contribution in [-0.2, 0) is 13.0 Å². The molecule has 0 saturated heterocycles. The fourth-order valence-electron chi connectivity index (χ4n) is 3.92. The van der Waals surface area contributed by atoms with E-state index in [0.29, 0.717) is 0 Å². The molecule has 2 aromatic carbocycles. The van der Waals surface area contributed by atoms with Crippen LogP contribution in [0.15, 0.2) is 54.7 Å². The summed E-state index contributed by atoms with van der Waals surface area (Å²) in [5, 5.41) is 9.83. The lowest BCUT2D eigenvalue weighted by atomic mass is 9.95. The van der Waals surface area contributed by atoms with E-state index in [-0.39, 0.29) is 24.3 Å². The Morgan fingerprint density at radius 3 is 2.41 bits per heavy atom. The van der Waals surface area contributed by atoms with E-state index in [9.17, 15) is 18.0 Å². The Morgan fingerprint density at radius 2 is 1.78 bits per heavy atom. The van der Waals surface area contributed by atoms with Crippen LogP contribution in [0.3, 0.4) is 0 Å². The summed E-state index contributed by atoms with van der Waals surface area (Å²) in [4.78, 5) is 12.8. The molecule has 32 heavy (non-hydrogen) atoms. The van der Waals surface area contributed by atoms with Gasteiger partial charge >= 0.3 is 6.18 Å². The molecule has 0 radical (unpaired) electrons. The van der Waals surface area contributed by atoms with Crippen LogP contribution in [0.2, 0.25) is 0 Å². The van der Waals surface area contributed by atoms with Gasteiger partial charge in [0, 0.05) is 13.0 Å². The Kier molecular flexibility index (Phi) is 5.95. The first-order valence-electron chi connectivity index (χ1n) is 10.6. The highest BCUT2D eigenvalue weighted by Crippen LogP contribution is 2.44. The second-order valence-corrected chi connectivity index (χ2v) is 8.10. The number of carbonyl (C=O) groups is 1. The molecular formula is C24H25F3N4O. The number of aryl methyl sites for hydroxylation is 2. The molecular weight excluding hydrogens is 417 g/mol. The summed E-state index contributed by atoms with van der Waals surface area (Å²) < 4.78 is 42.4. The number of hydrogen-bond acceptors (Lipinski definition) is 3. The van der Waals surface area contributed by atoms with E-state index < -0.39 is 24.2 Å². The standard InChI is InChI=1S/C24H25F3N4O/c1-3-16-8-10-18(11-9-16)20-12-21(24(25,26)27)31-22(30-20)19(14-29-31)23(32)28-13-17-6-4-15(2)5-7-17/h4-11,14,20-21,30H,3,12-13H2,1-2H3,(H,28,32)/t20-,21+/m0/s1. The summed E-state index contributed by atoms with van der Waals surface area (Å²) in [5.41, 5.74) is 3.96. The van der Waals surface area contributed by atoms with Gasteiger partial charge in [-0.15, -0.1) is 0 Å². The molecule has 4 rings (SSSR count). The highest BCUT2D eigenvalue weighted by Gasteiger charge is 2.47. The van der Waals surface area contributed by atoms with Crippen molar-refractivity contribution in [1.29, 1.82) is 0 Å². The van der Waals surface area contributed by atoms with E-state index >= 15 is 0 Å². The summed E-state index contributed by atoms with van der Waals surface area (Å²) in [5.74, 6) is -0.383. The smallest absolute Gasteiger partial charge is 0.363 e. The lowest BCUT2D eigenvalue weighted by Gasteiger charge is -2.34. The zero-order valence-electron chi connectivity index (χ0n) is 17.9. The molecule has 0 fully saturated rings. The van der Waals surface area contributed by atoms with Crippen molar-refractivity contribution in [2.75, 3.05) is 5.32 Å². The average Bonchev–Trinajstić information content (AvgIpc) is 3.21. The van der Waals surface area contributed by atoms with E-state index in [1.54, 1.807) is 0 Å². The van der Waals surface area contributed by atoms with E-state index in [4.69, 9.17) is 0 Å². The Bertz CT molecular complexity index is 1090. The third-order valence-electron chi connectivity index (χ3n) is 5.85. The van der Waals surface area contributed by atoms with Gasteiger partial charge < -0.3 is 10.6 Å². The van der Waals surface area contributed by atoms with Gasteiger partial charge in [-0.25, -0.2) is 4.68 Å². The van der Waals surface area contributed by atoms with Crippen molar-refractivity contribution in [3.63, 3.8) is 0 Å². The quantitative estimate of drug-likeness (QED) is 0.561. The number of hydrogen-bond donors (Lipinski definition) is 2. The van der Waals surface area contributed by atoms with Gasteiger partial charge in [-0.05, 0) is 30.0 Å². The summed E-state index contributed by atoms with van der Waals surface area (Å²) in [6.07, 6.45) is -2.63. The molecule has 0 unspecified atom stereocenters. The fraction of sp³-hybridized carbons (Fsp3) is 0.333. The van der Waals surface area contributed by atoms with Gasteiger partial charge in [-0.3, -0.25) is 4.79 Å². The molecule has 3 aromatic rings. The first-order valence-corrected chi connectivity index (χ1v) is 10.6. The summed E-state index contributed by atoms with van der Waals surface area (Å²) >= 11 is 0. The number of fused-ring (bicyclic) bond motifs is 1. The van der Waals surface area contributed by atoms with Crippen LogP contribution < -0.4 is 10.6 Å². The van der Waals surface area contributed by atoms with Crippen molar-refractivity contribution >= 4 is 11.7 Å². The minimum atomic E-state index is -4.49. The van der Waals surface area contributed by atoms with E-state index in [0.717, 1.165) is 33.4 Å². The number of anilines is 1. The molecule has 0 spiro atoms. The maximum absolute atomic E-state index is 13.9. The molecule has 2 heterocycles. The van der Waals surface area contributed by atoms with Crippen LogP contribution in [0.5, 0.6) is 0 Å². The van der Waals surface area contributed by atoms with E-state index in [2.05, 4.69) is 15.7 Å². The molecule has 2 atom stereocenters. The average molecular weight is 442 g/mol. The van der Waals surface area contributed by atoms with Gasteiger partial charge in [0.2, 0.25) is 0 Å². The monoisotopic (exact) mass is 442 g/mol. The molecule has 0 bridgehead atoms. The zero-order chi connectivity index (χ0) is 22.9. The Hall–Kier alpha value is -3.29. The third kappa shape index (κ3) is 4.49. The normalized spacial score (nSPS) is 18.0. The van der Waals surface area contributed by atoms with Crippen LogP contribution in [0.4, 0.5) is 19.0 Å². The SMILES string of the molecule is CCc1ccc([C@@H]2C[C@H](C(F)(F)F)n3ncc(C(=O)NCc4ccc(C)cc4)c3N2)cc1. The Balaban J connectivity index is 1.60. The van der Waals surface area contributed by atoms with E-state index in [1.807, 2.05) is 62.4 Å². The van der Waals surface area contributed by atoms with Crippen molar-refractivity contribution in [2.24, 2.45) is 0 Å². The largest absolute Gasteiger partial charge is 0.410 e. The highest BCUT2D eigenvalue weighted by molar-refractivity contribution is 5.98. The van der Waals surface area contributed by atoms with Gasteiger partial charge in [-0.2, -0.15) is 18.3 Å². The van der Waals surface area contributed by atoms with Crippen LogP contribution in [0.25, 0.3) is 0 Å². The molecule has 5 nitrogen and oxygen atoms in total. The number of amides is 1. The highest BCUT2D eigenvalue weighted by atomic mass is 19.4.